The summed E-state index contributed by atoms with van der Waals surface area (Å²) in [6, 6.07) is 0. The fourth-order valence-corrected chi connectivity index (χ4v) is 11.6. The van der Waals surface area contributed by atoms with E-state index in [9.17, 15) is 30.0 Å². The molecule has 61 heavy (non-hydrogen) atoms. The topological polar surface area (TPSA) is 189 Å². The molecule has 14 nitrogen and oxygen atoms in total. The average Bonchev–Trinajstić information content (AvgIpc) is 3.45. The van der Waals surface area contributed by atoms with Crippen LogP contribution in [0.5, 0.6) is 0 Å². The monoisotopic (exact) mass is 867 g/mol. The molecule has 6 fully saturated rings. The van der Waals surface area contributed by atoms with Crippen LogP contribution in [-0.4, -0.2) is 124 Å². The number of rotatable bonds is 13. The molecule has 0 aromatic carbocycles. The first kappa shape index (κ1) is 48.9. The molecule has 0 radical (unpaired) electrons. The van der Waals surface area contributed by atoms with Crippen LogP contribution in [0.15, 0.2) is 11.6 Å². The van der Waals surface area contributed by atoms with Crippen molar-refractivity contribution in [2.75, 3.05) is 13.7 Å². The standard InChI is InChI=1S/C47H78O14/c1-24-12-16-37(45(10)18-19-46(61-45)22-34(49)29(6)40(59-46)27(4)20-25(2)39(50)26(3)21-28(5)43(51)52)57-44-33(24)13-14-36(56-44)42-30(7)41(31(8)47(53,23-48)60-42)58-38-17-15-35(54-11)32(9)55-38/h20,24,26-38,40-42,44,48-49,53H,12-19,21-23H2,1-11H3,(H,51,52)/b25-20+. The van der Waals surface area contributed by atoms with Gasteiger partial charge in [0.25, 0.3) is 0 Å². The zero-order valence-electron chi connectivity index (χ0n) is 38.6. The van der Waals surface area contributed by atoms with Crippen molar-refractivity contribution in [3.8, 4) is 0 Å². The molecule has 0 aromatic rings. The summed E-state index contributed by atoms with van der Waals surface area (Å²) in [6.07, 6.45) is 4.22. The summed E-state index contributed by atoms with van der Waals surface area (Å²) in [5.41, 5.74) is -0.183. The maximum Gasteiger partial charge on any atom is 0.306 e. The van der Waals surface area contributed by atoms with Crippen LogP contribution in [0.2, 0.25) is 0 Å². The van der Waals surface area contributed by atoms with Crippen molar-refractivity contribution in [3.63, 3.8) is 0 Å². The van der Waals surface area contributed by atoms with Crippen molar-refractivity contribution in [2.45, 2.75) is 212 Å². The van der Waals surface area contributed by atoms with Gasteiger partial charge in [0.2, 0.25) is 0 Å². The van der Waals surface area contributed by atoms with Gasteiger partial charge in [-0.1, -0.05) is 54.5 Å². The number of ether oxygens (including phenoxy) is 8. The number of carbonyl (C=O) groups excluding carboxylic acids is 1. The Bertz CT molecular complexity index is 1540. The van der Waals surface area contributed by atoms with Gasteiger partial charge in [-0.05, 0) is 77.2 Å². The SMILES string of the molecule is COC1CCC(OC2C(C)C(C3CCC4C(C)CCC(C5(C)CCC6(CC(O)C(C)C(C(C)/C=C(\C)C(=O)C(C)CC(C)C(=O)O)O6)O5)OC4O3)OC(O)(CO)C2C)OC1C. The first-order chi connectivity index (χ1) is 28.6. The molecule has 0 amide bonds. The minimum Gasteiger partial charge on any atom is -0.481 e. The molecule has 6 rings (SSSR count). The van der Waals surface area contributed by atoms with Crippen LogP contribution < -0.4 is 0 Å². The summed E-state index contributed by atoms with van der Waals surface area (Å²) >= 11 is 0. The molecule has 0 aromatic heterocycles. The fraction of sp³-hybridized carbons (Fsp3) is 0.915. The van der Waals surface area contributed by atoms with Crippen molar-refractivity contribution >= 4 is 11.8 Å². The van der Waals surface area contributed by atoms with Crippen LogP contribution in [0.1, 0.15) is 133 Å². The Morgan fingerprint density at radius 3 is 2.28 bits per heavy atom. The summed E-state index contributed by atoms with van der Waals surface area (Å²) in [7, 11) is 1.69. The summed E-state index contributed by atoms with van der Waals surface area (Å²) < 4.78 is 52.7. The van der Waals surface area contributed by atoms with Crippen molar-refractivity contribution in [1.82, 2.24) is 0 Å². The van der Waals surface area contributed by atoms with Crippen LogP contribution in [0.25, 0.3) is 0 Å². The van der Waals surface area contributed by atoms with Gasteiger partial charge in [0, 0.05) is 61.9 Å². The quantitative estimate of drug-likeness (QED) is 0.154. The molecular formula is C47H78O14. The largest absolute Gasteiger partial charge is 0.481 e. The normalized spacial score (nSPS) is 47.6. The van der Waals surface area contributed by atoms with Gasteiger partial charge in [0.15, 0.2) is 29.9 Å². The van der Waals surface area contributed by atoms with Crippen molar-refractivity contribution in [2.24, 2.45) is 47.3 Å². The predicted molar refractivity (Wildman–Crippen MR) is 224 cm³/mol. The number of methoxy groups -OCH3 is 1. The van der Waals surface area contributed by atoms with Crippen LogP contribution in [-0.2, 0) is 47.5 Å². The number of carbonyl (C=O) groups is 2. The first-order valence-corrected chi connectivity index (χ1v) is 23.3. The molecule has 6 aliphatic rings. The number of aliphatic hydroxyl groups is 3. The third-order valence-electron chi connectivity index (χ3n) is 15.8. The highest BCUT2D eigenvalue weighted by atomic mass is 16.7. The summed E-state index contributed by atoms with van der Waals surface area (Å²) in [5, 5.41) is 43.0. The molecule has 6 aliphatic heterocycles. The Hall–Kier alpha value is -1.56. The maximum atomic E-state index is 13.3. The van der Waals surface area contributed by atoms with Gasteiger partial charge in [0.05, 0.1) is 67.0 Å². The number of carboxylic acid groups (broad SMARTS) is 1. The molecular weight excluding hydrogens is 789 g/mol. The Morgan fingerprint density at radius 1 is 0.902 bits per heavy atom. The van der Waals surface area contributed by atoms with E-state index in [0.717, 1.165) is 25.7 Å². The van der Waals surface area contributed by atoms with Gasteiger partial charge in [-0.15, -0.1) is 0 Å². The van der Waals surface area contributed by atoms with Crippen molar-refractivity contribution in [3.05, 3.63) is 11.6 Å². The zero-order chi connectivity index (χ0) is 44.8. The number of carboxylic acids is 1. The number of aliphatic hydroxyl groups excluding tert-OH is 2. The molecule has 6 heterocycles. The lowest BCUT2D eigenvalue weighted by molar-refractivity contribution is -0.377. The molecule has 21 unspecified atom stereocenters. The minimum atomic E-state index is -1.84. The predicted octanol–water partition coefficient (Wildman–Crippen LogP) is 6.15. The second-order valence-electron chi connectivity index (χ2n) is 20.4. The van der Waals surface area contributed by atoms with Gasteiger partial charge in [0.1, 0.15) is 0 Å². The highest BCUT2D eigenvalue weighted by Crippen LogP contribution is 2.52. The van der Waals surface area contributed by atoms with E-state index in [1.807, 2.05) is 33.8 Å². The van der Waals surface area contributed by atoms with E-state index >= 15 is 0 Å². The number of allylic oxidation sites excluding steroid dienone is 1. The lowest BCUT2D eigenvalue weighted by Gasteiger charge is -2.53. The Kier molecular flexibility index (Phi) is 15.6. The minimum absolute atomic E-state index is 0.0114. The van der Waals surface area contributed by atoms with Crippen LogP contribution >= 0.6 is 0 Å². The number of hydrogen-bond acceptors (Lipinski definition) is 13. The number of aliphatic carboxylic acids is 1. The lowest BCUT2D eigenvalue weighted by atomic mass is 9.76. The van der Waals surface area contributed by atoms with Crippen LogP contribution in [0, 0.1) is 47.3 Å². The maximum absolute atomic E-state index is 13.3. The first-order valence-electron chi connectivity index (χ1n) is 23.3. The molecule has 1 spiro atoms. The number of hydrogen-bond donors (Lipinski definition) is 4. The summed E-state index contributed by atoms with van der Waals surface area (Å²) in [6.45, 7) is 18.7. The number of Topliss-reactive ketones (excluding diaryl/α,β-unsaturated/α-hetero) is 1. The highest BCUT2D eigenvalue weighted by Gasteiger charge is 2.59. The van der Waals surface area contributed by atoms with Crippen LogP contribution in [0.4, 0.5) is 0 Å². The lowest BCUT2D eigenvalue weighted by Crippen LogP contribution is -2.64. The second-order valence-corrected chi connectivity index (χ2v) is 20.4. The summed E-state index contributed by atoms with van der Waals surface area (Å²) in [4.78, 5) is 24.7. The van der Waals surface area contributed by atoms with E-state index in [4.69, 9.17) is 37.9 Å². The van der Waals surface area contributed by atoms with Gasteiger partial charge >= 0.3 is 5.97 Å². The van der Waals surface area contributed by atoms with Gasteiger partial charge in [-0.2, -0.15) is 0 Å². The molecule has 6 saturated heterocycles. The zero-order valence-corrected chi connectivity index (χ0v) is 38.6. The number of fused-ring (bicyclic) bond motifs is 1. The van der Waals surface area contributed by atoms with E-state index in [1.165, 1.54) is 0 Å². The molecule has 14 heteroatoms. The fourth-order valence-electron chi connectivity index (χ4n) is 11.6. The number of ketones is 1. The average molecular weight is 867 g/mol. The molecule has 21 atom stereocenters. The molecule has 0 saturated carbocycles. The third kappa shape index (κ3) is 10.3. The van der Waals surface area contributed by atoms with E-state index in [-0.39, 0.29) is 54.2 Å². The Labute approximate surface area is 363 Å². The van der Waals surface area contributed by atoms with Gasteiger partial charge < -0.3 is 58.3 Å². The van der Waals surface area contributed by atoms with E-state index in [2.05, 4.69) is 20.8 Å². The smallest absolute Gasteiger partial charge is 0.306 e. The van der Waals surface area contributed by atoms with E-state index in [1.54, 1.807) is 27.9 Å². The van der Waals surface area contributed by atoms with Crippen molar-refractivity contribution in [1.29, 1.82) is 0 Å². The molecule has 350 valence electrons. The highest BCUT2D eigenvalue weighted by molar-refractivity contribution is 5.96. The van der Waals surface area contributed by atoms with E-state index in [0.29, 0.717) is 43.6 Å². The van der Waals surface area contributed by atoms with Gasteiger partial charge in [-0.3, -0.25) is 9.59 Å². The summed E-state index contributed by atoms with van der Waals surface area (Å²) in [5.74, 6) is -5.67. The van der Waals surface area contributed by atoms with Crippen molar-refractivity contribution < 1.29 is 67.9 Å². The molecule has 4 N–H and O–H groups in total. The van der Waals surface area contributed by atoms with Gasteiger partial charge in [-0.25, -0.2) is 0 Å². The second kappa shape index (κ2) is 19.5. The molecule has 0 aliphatic carbocycles. The molecule has 0 bridgehead atoms. The Balaban J connectivity index is 1.14. The van der Waals surface area contributed by atoms with E-state index < -0.39 is 90.6 Å². The Morgan fingerprint density at radius 2 is 1.62 bits per heavy atom. The van der Waals surface area contributed by atoms with Crippen LogP contribution in [0.3, 0.4) is 0 Å². The third-order valence-corrected chi connectivity index (χ3v) is 15.8.